The standard InChI is InChI=1S/C17H20ClN3O2.C3H6O2/c18-15-3-1-2-13(10-15)11-21-7-4-14(16(22)17(21)23)12-20-8-5-19-6-9-20;1-2-5-3-4/h1-4,7,10,19,22H,5-6,8-9,11-12H2;3H,2H2,1H3. The lowest BCUT2D eigenvalue weighted by molar-refractivity contribution is -0.128. The van der Waals surface area contributed by atoms with Crippen LogP contribution in [0.1, 0.15) is 18.1 Å². The van der Waals surface area contributed by atoms with E-state index in [1.165, 1.54) is 4.57 Å². The summed E-state index contributed by atoms with van der Waals surface area (Å²) in [5, 5.41) is 14.2. The minimum absolute atomic E-state index is 0.159. The summed E-state index contributed by atoms with van der Waals surface area (Å²) >= 11 is 5.97. The molecule has 0 saturated carbocycles. The Hall–Kier alpha value is -2.35. The van der Waals surface area contributed by atoms with Crippen molar-refractivity contribution in [1.82, 2.24) is 14.8 Å². The Kier molecular flexibility index (Phi) is 9.00. The number of rotatable bonds is 6. The van der Waals surface area contributed by atoms with Gasteiger partial charge in [-0.1, -0.05) is 23.7 Å². The van der Waals surface area contributed by atoms with Crippen molar-refractivity contribution in [1.29, 1.82) is 0 Å². The summed E-state index contributed by atoms with van der Waals surface area (Å²) in [6.07, 6.45) is 1.74. The molecule has 0 atom stereocenters. The zero-order valence-electron chi connectivity index (χ0n) is 15.9. The smallest absolute Gasteiger partial charge is 0.293 e. The van der Waals surface area contributed by atoms with Gasteiger partial charge in [0, 0.05) is 49.5 Å². The fraction of sp³-hybridized carbons (Fsp3) is 0.400. The van der Waals surface area contributed by atoms with Crippen LogP contribution in [0.15, 0.2) is 41.3 Å². The number of benzene rings is 1. The second-order valence-electron chi connectivity index (χ2n) is 6.33. The number of hydrogen-bond acceptors (Lipinski definition) is 6. The second kappa shape index (κ2) is 11.5. The van der Waals surface area contributed by atoms with E-state index in [0.29, 0.717) is 36.8 Å². The normalized spacial score (nSPS) is 14.1. The number of piperazine rings is 1. The third kappa shape index (κ3) is 6.67. The molecule has 28 heavy (non-hydrogen) atoms. The zero-order valence-corrected chi connectivity index (χ0v) is 16.7. The molecule has 1 aliphatic heterocycles. The highest BCUT2D eigenvalue weighted by molar-refractivity contribution is 6.30. The van der Waals surface area contributed by atoms with Crippen LogP contribution in [0.25, 0.3) is 0 Å². The molecule has 1 aliphatic rings. The topological polar surface area (TPSA) is 83.8 Å². The van der Waals surface area contributed by atoms with Crippen molar-refractivity contribution in [3.05, 3.63) is 63.0 Å². The molecule has 3 rings (SSSR count). The lowest BCUT2D eigenvalue weighted by atomic mass is 10.2. The van der Waals surface area contributed by atoms with Gasteiger partial charge in [0.25, 0.3) is 12.0 Å². The number of nitrogens with one attached hydrogen (secondary N) is 1. The third-order valence-electron chi connectivity index (χ3n) is 4.30. The molecule has 0 spiro atoms. The van der Waals surface area contributed by atoms with Crippen LogP contribution in [0.3, 0.4) is 0 Å². The van der Waals surface area contributed by atoms with Crippen LogP contribution >= 0.6 is 11.6 Å². The van der Waals surface area contributed by atoms with Crippen LogP contribution in [0, 0.1) is 0 Å². The van der Waals surface area contributed by atoms with Crippen molar-refractivity contribution in [2.75, 3.05) is 32.8 Å². The van der Waals surface area contributed by atoms with Crippen molar-refractivity contribution in [3.8, 4) is 5.75 Å². The van der Waals surface area contributed by atoms with E-state index in [2.05, 4.69) is 15.0 Å². The van der Waals surface area contributed by atoms with Gasteiger partial charge in [0.2, 0.25) is 0 Å². The summed E-state index contributed by atoms with van der Waals surface area (Å²) < 4.78 is 5.66. The zero-order chi connectivity index (χ0) is 20.4. The first-order valence-corrected chi connectivity index (χ1v) is 9.57. The molecule has 0 radical (unpaired) electrons. The first-order valence-electron chi connectivity index (χ1n) is 9.19. The van der Waals surface area contributed by atoms with E-state index in [9.17, 15) is 14.7 Å². The number of nitrogens with zero attached hydrogens (tertiary/aromatic N) is 2. The fourth-order valence-corrected chi connectivity index (χ4v) is 3.08. The maximum Gasteiger partial charge on any atom is 0.293 e. The van der Waals surface area contributed by atoms with Crippen LogP contribution in [-0.4, -0.2) is 53.8 Å². The van der Waals surface area contributed by atoms with Crippen molar-refractivity contribution in [2.24, 2.45) is 0 Å². The van der Waals surface area contributed by atoms with Crippen molar-refractivity contribution >= 4 is 18.1 Å². The molecule has 0 aliphatic carbocycles. The number of aromatic hydroxyl groups is 1. The number of carbonyl (C=O) groups excluding carboxylic acids is 1. The Morgan fingerprint density at radius 2 is 2.00 bits per heavy atom. The largest absolute Gasteiger partial charge is 0.503 e. The Labute approximate surface area is 169 Å². The number of hydrogen-bond donors (Lipinski definition) is 2. The molecule has 0 unspecified atom stereocenters. The number of aromatic nitrogens is 1. The average Bonchev–Trinajstić information content (AvgIpc) is 2.70. The van der Waals surface area contributed by atoms with Crippen LogP contribution in [0.2, 0.25) is 5.02 Å². The molecule has 8 heteroatoms. The molecule has 1 fully saturated rings. The number of pyridine rings is 1. The molecule has 2 N–H and O–H groups in total. The monoisotopic (exact) mass is 407 g/mol. The predicted octanol–water partition coefficient (Wildman–Crippen LogP) is 1.84. The summed E-state index contributed by atoms with van der Waals surface area (Å²) in [5.74, 6) is -0.159. The van der Waals surface area contributed by atoms with E-state index < -0.39 is 0 Å². The van der Waals surface area contributed by atoms with Crippen LogP contribution in [-0.2, 0) is 22.6 Å². The molecular weight excluding hydrogens is 382 g/mol. The fourth-order valence-electron chi connectivity index (χ4n) is 2.86. The van der Waals surface area contributed by atoms with E-state index in [4.69, 9.17) is 11.6 Å². The average molecular weight is 408 g/mol. The van der Waals surface area contributed by atoms with Gasteiger partial charge in [0.15, 0.2) is 5.75 Å². The highest BCUT2D eigenvalue weighted by Crippen LogP contribution is 2.16. The highest BCUT2D eigenvalue weighted by Gasteiger charge is 2.15. The molecule has 1 saturated heterocycles. The molecule has 0 amide bonds. The number of halogens is 1. The van der Waals surface area contributed by atoms with Gasteiger partial charge in [0.05, 0.1) is 13.2 Å². The van der Waals surface area contributed by atoms with Gasteiger partial charge in [-0.2, -0.15) is 0 Å². The second-order valence-corrected chi connectivity index (χ2v) is 6.77. The van der Waals surface area contributed by atoms with Gasteiger partial charge in [-0.25, -0.2) is 0 Å². The minimum Gasteiger partial charge on any atom is -0.503 e. The van der Waals surface area contributed by atoms with Gasteiger partial charge in [-0.15, -0.1) is 0 Å². The molecule has 2 heterocycles. The van der Waals surface area contributed by atoms with E-state index >= 15 is 0 Å². The third-order valence-corrected chi connectivity index (χ3v) is 4.54. The summed E-state index contributed by atoms with van der Waals surface area (Å²) in [7, 11) is 0. The van der Waals surface area contributed by atoms with Gasteiger partial charge in [0.1, 0.15) is 0 Å². The van der Waals surface area contributed by atoms with Crippen molar-refractivity contribution in [2.45, 2.75) is 20.0 Å². The van der Waals surface area contributed by atoms with Crippen LogP contribution in [0.5, 0.6) is 5.75 Å². The van der Waals surface area contributed by atoms with E-state index in [1.54, 1.807) is 19.2 Å². The first kappa shape index (κ1) is 21.9. The molecule has 1 aromatic carbocycles. The lowest BCUT2D eigenvalue weighted by Crippen LogP contribution is -2.43. The molecular formula is C20H26ClN3O4. The maximum atomic E-state index is 12.4. The van der Waals surface area contributed by atoms with Gasteiger partial charge in [-0.05, 0) is 30.7 Å². The summed E-state index contributed by atoms with van der Waals surface area (Å²) in [4.78, 5) is 23.8. The summed E-state index contributed by atoms with van der Waals surface area (Å²) in [6, 6.07) is 9.19. The number of carbonyl (C=O) groups is 1. The molecule has 152 valence electrons. The van der Waals surface area contributed by atoms with E-state index in [-0.39, 0.29) is 11.3 Å². The van der Waals surface area contributed by atoms with Crippen molar-refractivity contribution in [3.63, 3.8) is 0 Å². The Balaban J connectivity index is 0.000000500. The summed E-state index contributed by atoms with van der Waals surface area (Å²) in [6.45, 7) is 7.37. The van der Waals surface area contributed by atoms with Gasteiger partial charge in [-0.3, -0.25) is 14.5 Å². The highest BCUT2D eigenvalue weighted by atomic mass is 35.5. The maximum absolute atomic E-state index is 12.4. The quantitative estimate of drug-likeness (QED) is 0.711. The molecule has 0 bridgehead atoms. The SMILES string of the molecule is CCOC=O.O=c1c(O)c(CN2CCNCC2)ccn1Cc1cccc(Cl)c1. The first-order chi connectivity index (χ1) is 13.5. The van der Waals surface area contributed by atoms with Crippen LogP contribution < -0.4 is 10.9 Å². The van der Waals surface area contributed by atoms with Crippen molar-refractivity contribution < 1.29 is 14.6 Å². The molecule has 1 aromatic heterocycles. The van der Waals surface area contributed by atoms with E-state index in [0.717, 1.165) is 31.7 Å². The van der Waals surface area contributed by atoms with E-state index in [1.807, 2.05) is 24.3 Å². The predicted molar refractivity (Wildman–Crippen MR) is 109 cm³/mol. The molecule has 7 nitrogen and oxygen atoms in total. The Bertz CT molecular complexity index is 819. The number of ether oxygens (including phenoxy) is 1. The Morgan fingerprint density at radius 1 is 1.25 bits per heavy atom. The summed E-state index contributed by atoms with van der Waals surface area (Å²) in [5.41, 5.74) is 1.24. The van der Waals surface area contributed by atoms with Gasteiger partial charge >= 0.3 is 0 Å². The van der Waals surface area contributed by atoms with Gasteiger partial charge < -0.3 is 19.7 Å². The lowest BCUT2D eigenvalue weighted by Gasteiger charge is -2.27. The minimum atomic E-state index is -0.363. The van der Waals surface area contributed by atoms with Crippen LogP contribution in [0.4, 0.5) is 0 Å². The Morgan fingerprint density at radius 3 is 2.61 bits per heavy atom. The molecule has 2 aromatic rings.